The number of hydrogen-bond donors (Lipinski definition) is 0. The van der Waals surface area contributed by atoms with Gasteiger partial charge in [-0.15, -0.1) is 6.58 Å². The minimum absolute atomic E-state index is 0.150. The highest BCUT2D eigenvalue weighted by atomic mass is 28.4. The Morgan fingerprint density at radius 3 is 1.83 bits per heavy atom. The van der Waals surface area contributed by atoms with Gasteiger partial charge in [0.15, 0.2) is 8.32 Å². The molecule has 1 rings (SSSR count). The van der Waals surface area contributed by atoms with Gasteiger partial charge in [-0.3, -0.25) is 0 Å². The fourth-order valence-electron chi connectivity index (χ4n) is 2.33. The number of hydrogen-bond acceptors (Lipinski definition) is 3. The van der Waals surface area contributed by atoms with Crippen LogP contribution in [0.25, 0.3) is 0 Å². The molecule has 1 atom stereocenters. The van der Waals surface area contributed by atoms with Crippen molar-refractivity contribution < 1.29 is 13.7 Å². The van der Waals surface area contributed by atoms with Crippen LogP contribution in [0.2, 0.25) is 18.1 Å². The van der Waals surface area contributed by atoms with E-state index >= 15 is 0 Å². The van der Waals surface area contributed by atoms with Crippen molar-refractivity contribution in [2.24, 2.45) is 5.92 Å². The van der Waals surface area contributed by atoms with Crippen LogP contribution in [0.15, 0.2) is 12.1 Å². The summed E-state index contributed by atoms with van der Waals surface area (Å²) in [7, 11) is -2.16. The Hall–Kier alpha value is -0.0982. The first-order chi connectivity index (χ1) is 10.5. The van der Waals surface area contributed by atoms with Gasteiger partial charge >= 0.3 is 7.12 Å². The first kappa shape index (κ1) is 21.9. The van der Waals surface area contributed by atoms with E-state index in [4.69, 9.17) is 13.7 Å². The highest BCUT2D eigenvalue weighted by Crippen LogP contribution is 2.41. The smallest absolute Gasteiger partial charge is 0.413 e. The van der Waals surface area contributed by atoms with Gasteiger partial charge in [0, 0.05) is 0 Å². The third-order valence-electron chi connectivity index (χ3n) is 6.05. The second-order valence-electron chi connectivity index (χ2n) is 10.1. The molecule has 0 N–H and O–H groups in total. The van der Waals surface area contributed by atoms with Gasteiger partial charge in [-0.2, -0.15) is 0 Å². The van der Waals surface area contributed by atoms with Gasteiger partial charge in [-0.05, 0) is 63.6 Å². The predicted molar refractivity (Wildman–Crippen MR) is 107 cm³/mol. The topological polar surface area (TPSA) is 27.7 Å². The largest absolute Gasteiger partial charge is 0.490 e. The first-order valence-electron chi connectivity index (χ1n) is 9.21. The second kappa shape index (κ2) is 6.90. The molecule has 0 radical (unpaired) electrons. The lowest BCUT2D eigenvalue weighted by Crippen LogP contribution is -2.45. The van der Waals surface area contributed by atoms with Gasteiger partial charge < -0.3 is 13.7 Å². The van der Waals surface area contributed by atoms with E-state index in [1.54, 1.807) is 0 Å². The minimum atomic E-state index is -1.82. The molecule has 0 amide bonds. The zero-order valence-corrected chi connectivity index (χ0v) is 18.9. The summed E-state index contributed by atoms with van der Waals surface area (Å²) in [5.74, 6) is 0.429. The highest BCUT2D eigenvalue weighted by molar-refractivity contribution is 6.74. The maximum absolute atomic E-state index is 6.66. The molecule has 0 aromatic carbocycles. The Bertz CT molecular complexity index is 448. The van der Waals surface area contributed by atoms with Crippen molar-refractivity contribution >= 4 is 15.4 Å². The summed E-state index contributed by atoms with van der Waals surface area (Å²) < 4.78 is 18.9. The maximum atomic E-state index is 6.66. The van der Waals surface area contributed by atoms with Crippen LogP contribution in [-0.2, 0) is 13.7 Å². The van der Waals surface area contributed by atoms with E-state index in [2.05, 4.69) is 82.0 Å². The molecule has 1 saturated heterocycles. The molecule has 0 bridgehead atoms. The molecule has 5 heteroatoms. The molecule has 0 aromatic rings. The summed E-state index contributed by atoms with van der Waals surface area (Å²) in [6.45, 7) is 28.4. The summed E-state index contributed by atoms with van der Waals surface area (Å²) in [5.41, 5.74) is 0.327. The molecule has 1 aliphatic heterocycles. The average Bonchev–Trinajstić information content (AvgIpc) is 2.55. The Balaban J connectivity index is 2.82. The van der Waals surface area contributed by atoms with Gasteiger partial charge in [0.25, 0.3) is 0 Å². The summed E-state index contributed by atoms with van der Waals surface area (Å²) in [6.07, 6.45) is 0.929. The quantitative estimate of drug-likeness (QED) is 0.580. The zero-order chi connectivity index (χ0) is 19.1. The molecule has 0 saturated carbocycles. The lowest BCUT2D eigenvalue weighted by Gasteiger charge is -2.40. The lowest BCUT2D eigenvalue weighted by atomic mass is 9.75. The van der Waals surface area contributed by atoms with Crippen molar-refractivity contribution in [3.8, 4) is 0 Å². The molecule has 24 heavy (non-hydrogen) atoms. The SMILES string of the molecule is C=C(CC(O[Si](C)(C)C(C)(C)C)C(C)C)B1OC(C)(C)C(C)(C)O1. The molecule has 0 aliphatic carbocycles. The van der Waals surface area contributed by atoms with Crippen molar-refractivity contribution in [2.45, 2.75) is 104 Å². The normalized spacial score (nSPS) is 22.1. The summed E-state index contributed by atoms with van der Waals surface area (Å²) in [6, 6.07) is 0. The van der Waals surface area contributed by atoms with Crippen LogP contribution < -0.4 is 0 Å². The van der Waals surface area contributed by atoms with Crippen molar-refractivity contribution in [1.29, 1.82) is 0 Å². The lowest BCUT2D eigenvalue weighted by molar-refractivity contribution is 0.00578. The van der Waals surface area contributed by atoms with Crippen LogP contribution in [0.1, 0.15) is 68.7 Å². The molecule has 1 fully saturated rings. The molecule has 0 aromatic heterocycles. The van der Waals surface area contributed by atoms with Gasteiger partial charge in [0.2, 0.25) is 0 Å². The van der Waals surface area contributed by atoms with E-state index in [1.807, 2.05) is 0 Å². The van der Waals surface area contributed by atoms with Gasteiger partial charge in [-0.25, -0.2) is 0 Å². The number of rotatable bonds is 6. The molecule has 1 aliphatic rings. The third kappa shape index (κ3) is 4.75. The Kier molecular flexibility index (Phi) is 6.31. The average molecular weight is 354 g/mol. The monoisotopic (exact) mass is 354 g/mol. The van der Waals surface area contributed by atoms with Crippen molar-refractivity contribution in [3.05, 3.63) is 12.1 Å². The fourth-order valence-corrected chi connectivity index (χ4v) is 3.80. The van der Waals surface area contributed by atoms with Gasteiger partial charge in [0.1, 0.15) is 0 Å². The van der Waals surface area contributed by atoms with Gasteiger partial charge in [-0.1, -0.05) is 34.6 Å². The molecular weight excluding hydrogens is 315 g/mol. The molecular formula is C19H39BO3Si. The summed E-state index contributed by atoms with van der Waals surface area (Å²) in [5, 5.41) is 0.200. The molecule has 140 valence electrons. The Labute approximate surface area is 151 Å². The van der Waals surface area contributed by atoms with E-state index in [-0.39, 0.29) is 29.5 Å². The Morgan fingerprint density at radius 2 is 1.50 bits per heavy atom. The molecule has 1 unspecified atom stereocenters. The van der Waals surface area contributed by atoms with E-state index < -0.39 is 8.32 Å². The van der Waals surface area contributed by atoms with Crippen LogP contribution in [0.5, 0.6) is 0 Å². The minimum Gasteiger partial charge on any atom is -0.413 e. The van der Waals surface area contributed by atoms with Gasteiger partial charge in [0.05, 0.1) is 17.3 Å². The van der Waals surface area contributed by atoms with Crippen molar-refractivity contribution in [3.63, 3.8) is 0 Å². The highest BCUT2D eigenvalue weighted by Gasteiger charge is 2.52. The van der Waals surface area contributed by atoms with Crippen LogP contribution >= 0.6 is 0 Å². The molecule has 1 heterocycles. The van der Waals surface area contributed by atoms with Crippen LogP contribution in [-0.4, -0.2) is 32.7 Å². The van der Waals surface area contributed by atoms with Crippen LogP contribution in [0.4, 0.5) is 0 Å². The van der Waals surface area contributed by atoms with Crippen LogP contribution in [0, 0.1) is 5.92 Å². The summed E-state index contributed by atoms with van der Waals surface area (Å²) >= 11 is 0. The molecule has 3 nitrogen and oxygen atoms in total. The molecule has 0 spiro atoms. The van der Waals surface area contributed by atoms with E-state index in [0.29, 0.717) is 5.92 Å². The van der Waals surface area contributed by atoms with Crippen molar-refractivity contribution in [2.75, 3.05) is 0 Å². The zero-order valence-electron chi connectivity index (χ0n) is 17.9. The van der Waals surface area contributed by atoms with E-state index in [9.17, 15) is 0 Å². The summed E-state index contributed by atoms with van der Waals surface area (Å²) in [4.78, 5) is 0. The van der Waals surface area contributed by atoms with Crippen molar-refractivity contribution in [1.82, 2.24) is 0 Å². The standard InChI is InChI=1S/C19H39BO3Si/c1-14(2)16(21-24(11,12)17(4,5)6)13-15(3)20-22-18(7,8)19(9,10)23-20/h14,16H,3,13H2,1-2,4-12H3. The Morgan fingerprint density at radius 1 is 1.08 bits per heavy atom. The van der Waals surface area contributed by atoms with Crippen LogP contribution in [0.3, 0.4) is 0 Å². The fraction of sp³-hybridized carbons (Fsp3) is 0.895. The maximum Gasteiger partial charge on any atom is 0.490 e. The predicted octanol–water partition coefficient (Wildman–Crippen LogP) is 5.61. The second-order valence-corrected chi connectivity index (χ2v) is 14.9. The third-order valence-corrected chi connectivity index (χ3v) is 10.6. The van der Waals surface area contributed by atoms with E-state index in [1.165, 1.54) is 0 Å². The van der Waals surface area contributed by atoms with E-state index in [0.717, 1.165) is 11.9 Å². The first-order valence-corrected chi connectivity index (χ1v) is 12.1.